The molecule has 4 N–H and O–H groups in total. The molecule has 0 saturated heterocycles. The van der Waals surface area contributed by atoms with Crippen molar-refractivity contribution in [1.82, 2.24) is 30.8 Å². The summed E-state index contributed by atoms with van der Waals surface area (Å²) in [5, 5.41) is 13.3. The zero-order valence-electron chi connectivity index (χ0n) is 45.4. The number of fused-ring (bicyclic) bond motifs is 4. The van der Waals surface area contributed by atoms with E-state index in [1.54, 1.807) is 74.8 Å². The van der Waals surface area contributed by atoms with Crippen LogP contribution in [0.15, 0.2) is 95.5 Å². The second kappa shape index (κ2) is 25.1. The van der Waals surface area contributed by atoms with Gasteiger partial charge < -0.3 is 49.9 Å². The number of thiazole rings is 1. The van der Waals surface area contributed by atoms with Crippen molar-refractivity contribution < 1.29 is 46.5 Å². The molecule has 8 rings (SSSR count). The van der Waals surface area contributed by atoms with Gasteiger partial charge in [0.15, 0.2) is 9.84 Å². The van der Waals surface area contributed by atoms with Gasteiger partial charge in [0, 0.05) is 42.0 Å². The highest BCUT2D eigenvalue weighted by molar-refractivity contribution is 7.92. The predicted molar refractivity (Wildman–Crippen MR) is 300 cm³/mol. The molecule has 19 heteroatoms. The van der Waals surface area contributed by atoms with E-state index in [1.807, 2.05) is 75.4 Å². The van der Waals surface area contributed by atoms with Crippen LogP contribution in [0.3, 0.4) is 0 Å². The first kappa shape index (κ1) is 57.0. The fraction of sp³-hybridized carbons (Fsp3) is 0.466. The number of aromatic nitrogens is 2. The summed E-state index contributed by atoms with van der Waals surface area (Å²) in [7, 11) is -2.13. The minimum absolute atomic E-state index is 0.0750. The monoisotopic (exact) mass is 1090 g/mol. The summed E-state index contributed by atoms with van der Waals surface area (Å²) in [4.78, 5) is 52.9. The molecule has 4 atom stereocenters. The molecular formula is C58H73N7O10S2. The van der Waals surface area contributed by atoms with Gasteiger partial charge in [-0.3, -0.25) is 19.4 Å². The number of rotatable bonds is 23. The number of pyridine rings is 1. The number of aryl methyl sites for hydroxylation is 1. The van der Waals surface area contributed by atoms with Crippen LogP contribution in [0.5, 0.6) is 11.5 Å². The van der Waals surface area contributed by atoms with Crippen LogP contribution in [0.2, 0.25) is 0 Å². The third kappa shape index (κ3) is 13.9. The molecule has 77 heavy (non-hydrogen) atoms. The number of ether oxygens (including phenoxy) is 5. The number of hydrogen-bond acceptors (Lipinski definition) is 15. The molecule has 0 radical (unpaired) electrons. The van der Waals surface area contributed by atoms with Gasteiger partial charge in [0.25, 0.3) is 0 Å². The van der Waals surface area contributed by atoms with Crippen LogP contribution in [-0.2, 0) is 57.8 Å². The molecule has 1 aliphatic carbocycles. The number of nitrogens with one attached hydrogen (secondary N) is 4. The van der Waals surface area contributed by atoms with Gasteiger partial charge in [-0.25, -0.2) is 13.4 Å². The van der Waals surface area contributed by atoms with Crippen LogP contribution in [-0.4, -0.2) is 124 Å². The number of benzene rings is 4. The molecule has 1 unspecified atom stereocenters. The van der Waals surface area contributed by atoms with E-state index in [-0.39, 0.29) is 60.8 Å². The zero-order valence-corrected chi connectivity index (χ0v) is 47.0. The quantitative estimate of drug-likeness (QED) is 0.0446. The van der Waals surface area contributed by atoms with E-state index in [0.29, 0.717) is 61.8 Å². The Balaban J connectivity index is 0.795. The van der Waals surface area contributed by atoms with Gasteiger partial charge in [0.2, 0.25) is 17.7 Å². The standard InChI is InChI=1S/C58H73N7O10S2/c1-37(59-8)54(66)64-53(57(2,3)4)56(68)65-35-40-30-42(18-16-39(40)31-49(65)55(67)63-45-15-11-13-38-12-9-10-14-43(38)45)74-28-26-72-24-22-71-23-25-73-27-29-75-50-34-47-44(33-52(50)77(69,70)58(5,6)7)46(20-21-60-47)62-41-17-19-51-48(32-41)61-36-76-51/h9-10,12,14,16-21,30,32-34,36-37,45,49,53,59H,11,13,15,22-29,31,35H2,1-8H3,(H,60,62)(H,63,67)(H,64,66)/t37-,45+,49-,53?/m0/s1. The topological polar surface area (TPSA) is 209 Å². The van der Waals surface area contributed by atoms with Crippen LogP contribution in [0, 0.1) is 5.41 Å². The van der Waals surface area contributed by atoms with Crippen molar-refractivity contribution in [3.8, 4) is 11.5 Å². The van der Waals surface area contributed by atoms with Gasteiger partial charge in [-0.2, -0.15) is 0 Å². The van der Waals surface area contributed by atoms with E-state index < -0.39 is 38.1 Å². The lowest BCUT2D eigenvalue weighted by Gasteiger charge is -2.41. The molecule has 0 saturated carbocycles. The number of likely N-dealkylation sites (N-methyl/N-ethyl adjacent to an activating group) is 1. The fourth-order valence-corrected chi connectivity index (χ4v) is 11.5. The fourth-order valence-electron chi connectivity index (χ4n) is 9.48. The van der Waals surface area contributed by atoms with Gasteiger partial charge in [-0.1, -0.05) is 51.1 Å². The van der Waals surface area contributed by atoms with Crippen molar-refractivity contribution in [3.63, 3.8) is 0 Å². The number of carbonyl (C=O) groups excluding carboxylic acids is 3. The van der Waals surface area contributed by atoms with Crippen LogP contribution < -0.4 is 30.7 Å². The Labute approximate surface area is 456 Å². The second-order valence-corrected chi connectivity index (χ2v) is 25.1. The molecule has 3 heterocycles. The van der Waals surface area contributed by atoms with Crippen molar-refractivity contribution >= 4 is 71.4 Å². The Hall–Kier alpha value is -6.22. The summed E-state index contributed by atoms with van der Waals surface area (Å²) in [6.07, 6.45) is 4.71. The van der Waals surface area contributed by atoms with Crippen LogP contribution >= 0.6 is 11.3 Å². The maximum absolute atomic E-state index is 14.7. The van der Waals surface area contributed by atoms with E-state index in [4.69, 9.17) is 23.7 Å². The highest BCUT2D eigenvalue weighted by Gasteiger charge is 2.43. The lowest BCUT2D eigenvalue weighted by atomic mass is 9.83. The first-order valence-corrected chi connectivity index (χ1v) is 28.7. The lowest BCUT2D eigenvalue weighted by molar-refractivity contribution is -0.147. The summed E-state index contributed by atoms with van der Waals surface area (Å²) in [5.74, 6) is -0.0348. The normalized spacial score (nSPS) is 16.5. The van der Waals surface area contributed by atoms with Crippen molar-refractivity contribution in [2.75, 3.05) is 65.2 Å². The molecule has 0 fully saturated rings. The molecule has 6 aromatic rings. The molecule has 3 amide bonds. The Morgan fingerprint density at radius 1 is 0.792 bits per heavy atom. The minimum Gasteiger partial charge on any atom is -0.491 e. The molecule has 0 spiro atoms. The van der Waals surface area contributed by atoms with Crippen LogP contribution in [0.25, 0.3) is 21.1 Å². The largest absolute Gasteiger partial charge is 0.491 e. The van der Waals surface area contributed by atoms with Gasteiger partial charge in [-0.05, 0) is 124 Å². The summed E-state index contributed by atoms with van der Waals surface area (Å²) >= 11 is 1.56. The predicted octanol–water partition coefficient (Wildman–Crippen LogP) is 8.25. The molecule has 2 aliphatic rings. The summed E-state index contributed by atoms with van der Waals surface area (Å²) in [6, 6.07) is 22.6. The molecular weight excluding hydrogens is 1020 g/mol. The lowest BCUT2D eigenvalue weighted by Crippen LogP contribution is -2.62. The molecule has 1 aliphatic heterocycles. The third-order valence-corrected chi connectivity index (χ3v) is 17.4. The summed E-state index contributed by atoms with van der Waals surface area (Å²) in [6.45, 7) is 14.8. The number of nitrogens with zero attached hydrogens (tertiary/aromatic N) is 3. The summed E-state index contributed by atoms with van der Waals surface area (Å²) in [5.41, 5.74) is 8.26. The molecule has 4 aromatic carbocycles. The van der Waals surface area contributed by atoms with Crippen molar-refractivity contribution in [1.29, 1.82) is 0 Å². The summed E-state index contributed by atoms with van der Waals surface area (Å²) < 4.78 is 57.3. The van der Waals surface area contributed by atoms with Crippen molar-refractivity contribution in [2.45, 2.75) is 115 Å². The Kier molecular flexibility index (Phi) is 18.5. The highest BCUT2D eigenvalue weighted by Crippen LogP contribution is 2.39. The number of carbonyl (C=O) groups is 3. The smallest absolute Gasteiger partial charge is 0.246 e. The van der Waals surface area contributed by atoms with Crippen LogP contribution in [0.1, 0.15) is 89.6 Å². The van der Waals surface area contributed by atoms with Gasteiger partial charge in [0.1, 0.15) is 41.7 Å². The number of anilines is 2. The maximum Gasteiger partial charge on any atom is 0.246 e. The molecule has 412 valence electrons. The van der Waals surface area contributed by atoms with Crippen LogP contribution in [0.4, 0.5) is 11.4 Å². The SMILES string of the molecule is CN[C@@H](C)C(=O)NC(C(=O)N1Cc2cc(OCCOCCOCCOCCOc3cc4nccc(Nc5ccc6scnc6c5)c4cc3S(=O)(=O)C(C)(C)C)ccc2C[C@H]1C(=O)N[C@@H]1CCCc2ccccc21)C(C)(C)C. The molecule has 2 aromatic heterocycles. The van der Waals surface area contributed by atoms with E-state index in [0.717, 1.165) is 51.9 Å². The highest BCUT2D eigenvalue weighted by atomic mass is 32.2. The van der Waals surface area contributed by atoms with E-state index in [9.17, 15) is 22.8 Å². The van der Waals surface area contributed by atoms with Gasteiger partial charge in [0.05, 0.1) is 77.7 Å². The Morgan fingerprint density at radius 2 is 1.51 bits per heavy atom. The number of sulfone groups is 1. The number of hydrogen-bond donors (Lipinski definition) is 4. The van der Waals surface area contributed by atoms with Crippen molar-refractivity contribution in [3.05, 3.63) is 113 Å². The average molecular weight is 1090 g/mol. The Bertz CT molecular complexity index is 3150. The maximum atomic E-state index is 14.7. The zero-order chi connectivity index (χ0) is 54.9. The van der Waals surface area contributed by atoms with E-state index >= 15 is 0 Å². The minimum atomic E-state index is -3.83. The third-order valence-electron chi connectivity index (χ3n) is 14.0. The van der Waals surface area contributed by atoms with E-state index in [2.05, 4.69) is 43.4 Å². The second-order valence-electron chi connectivity index (χ2n) is 21.6. The number of amides is 3. The Morgan fingerprint density at radius 3 is 2.22 bits per heavy atom. The molecule has 17 nitrogen and oxygen atoms in total. The molecule has 0 bridgehead atoms. The van der Waals surface area contributed by atoms with Gasteiger partial charge >= 0.3 is 0 Å². The first-order chi connectivity index (χ1) is 36.8. The van der Waals surface area contributed by atoms with Crippen molar-refractivity contribution in [2.24, 2.45) is 5.41 Å². The van der Waals surface area contributed by atoms with Gasteiger partial charge in [-0.15, -0.1) is 11.3 Å². The first-order valence-electron chi connectivity index (χ1n) is 26.4. The average Bonchev–Trinajstić information content (AvgIpc) is 3.90. The van der Waals surface area contributed by atoms with E-state index in [1.165, 1.54) is 5.56 Å².